The van der Waals surface area contributed by atoms with Crippen LogP contribution in [0.5, 0.6) is 0 Å². The van der Waals surface area contributed by atoms with Gasteiger partial charge in [0, 0.05) is 51.3 Å². The Morgan fingerprint density at radius 1 is 1.00 bits per heavy atom. The van der Waals surface area contributed by atoms with Crippen LogP contribution in [0.3, 0.4) is 0 Å². The summed E-state index contributed by atoms with van der Waals surface area (Å²) in [6, 6.07) is 9.81. The van der Waals surface area contributed by atoms with Gasteiger partial charge in [0.25, 0.3) is 0 Å². The third-order valence-corrected chi connectivity index (χ3v) is 5.23. The number of halogens is 4. The summed E-state index contributed by atoms with van der Waals surface area (Å²) in [5, 5.41) is 2.03. The first-order valence-electron chi connectivity index (χ1n) is 7.84. The summed E-state index contributed by atoms with van der Waals surface area (Å²) >= 11 is 6.61. The van der Waals surface area contributed by atoms with Crippen LogP contribution >= 0.6 is 31.9 Å². The number of aromatic nitrogens is 2. The van der Waals surface area contributed by atoms with E-state index in [2.05, 4.69) is 36.8 Å². The molecule has 2 aromatic carbocycles. The maximum Gasteiger partial charge on any atom is 0.126 e. The van der Waals surface area contributed by atoms with E-state index in [1.165, 1.54) is 24.3 Å². The highest BCUT2D eigenvalue weighted by molar-refractivity contribution is 9.11. The van der Waals surface area contributed by atoms with Gasteiger partial charge in [-0.2, -0.15) is 0 Å². The third kappa shape index (κ3) is 4.16. The summed E-state index contributed by atoms with van der Waals surface area (Å²) in [7, 11) is 1.65. The van der Waals surface area contributed by atoms with Crippen LogP contribution in [0.2, 0.25) is 0 Å². The molecule has 0 amide bonds. The largest absolute Gasteiger partial charge is 0.383 e. The molecule has 0 radical (unpaired) electrons. The molecule has 0 unspecified atom stereocenters. The average molecular weight is 486 g/mol. The van der Waals surface area contributed by atoms with E-state index >= 15 is 0 Å². The molecule has 26 heavy (non-hydrogen) atoms. The van der Waals surface area contributed by atoms with E-state index in [1.807, 2.05) is 22.9 Å². The molecule has 0 aliphatic heterocycles. The number of benzene rings is 2. The van der Waals surface area contributed by atoms with Crippen LogP contribution in [0.25, 0.3) is 21.8 Å². The van der Waals surface area contributed by atoms with Gasteiger partial charge in [0.1, 0.15) is 11.6 Å². The summed E-state index contributed by atoms with van der Waals surface area (Å²) in [5.41, 5.74) is 1.70. The normalized spacial score (nSPS) is 11.0. The van der Waals surface area contributed by atoms with Crippen LogP contribution in [-0.2, 0) is 11.3 Å². The molecule has 4 rings (SSSR count). The predicted octanol–water partition coefficient (Wildman–Crippen LogP) is 6.26. The number of nitrogens with zero attached hydrogens (tertiary/aromatic N) is 1. The molecule has 0 fully saturated rings. The predicted molar refractivity (Wildman–Crippen MR) is 107 cm³/mol. The van der Waals surface area contributed by atoms with Crippen molar-refractivity contribution in [1.82, 2.24) is 9.55 Å². The van der Waals surface area contributed by atoms with Crippen molar-refractivity contribution < 1.29 is 13.5 Å². The van der Waals surface area contributed by atoms with Gasteiger partial charge in [-0.1, -0.05) is 0 Å². The van der Waals surface area contributed by atoms with Gasteiger partial charge in [-0.15, -0.1) is 0 Å². The number of H-pyrrole nitrogens is 1. The van der Waals surface area contributed by atoms with Gasteiger partial charge in [-0.05, 0) is 68.3 Å². The molecule has 2 heterocycles. The van der Waals surface area contributed by atoms with E-state index in [9.17, 15) is 8.78 Å². The van der Waals surface area contributed by atoms with Gasteiger partial charge in [-0.3, -0.25) is 0 Å². The van der Waals surface area contributed by atoms with Gasteiger partial charge in [-0.25, -0.2) is 8.78 Å². The number of rotatable bonds is 3. The first-order chi connectivity index (χ1) is 12.5. The standard InChI is InChI=1S/C11H11BrFNO.C8H5BrFN/c1-15-5-4-14-3-2-9-10(12)6-8(13)7-11(9)14;9-7-3-5(10)4-8-6(7)1-2-11-8/h2-3,6-7H,4-5H2,1H3;1-4,11H. The number of fused-ring (bicyclic) bond motifs is 2. The lowest BCUT2D eigenvalue weighted by Crippen LogP contribution is -2.02. The van der Waals surface area contributed by atoms with Gasteiger partial charge in [0.05, 0.1) is 12.1 Å². The molecule has 0 aliphatic carbocycles. The molecule has 2 aromatic heterocycles. The maximum atomic E-state index is 13.2. The Morgan fingerprint density at radius 2 is 1.69 bits per heavy atom. The zero-order valence-corrected chi connectivity index (χ0v) is 17.1. The van der Waals surface area contributed by atoms with Crippen molar-refractivity contribution >= 4 is 53.7 Å². The second-order valence-corrected chi connectivity index (χ2v) is 7.36. The Balaban J connectivity index is 0.000000158. The Labute approximate surface area is 166 Å². The van der Waals surface area contributed by atoms with Gasteiger partial charge < -0.3 is 14.3 Å². The van der Waals surface area contributed by atoms with Crippen molar-refractivity contribution in [3.8, 4) is 0 Å². The minimum absolute atomic E-state index is 0.230. The highest BCUT2D eigenvalue weighted by Crippen LogP contribution is 2.26. The second-order valence-electron chi connectivity index (χ2n) is 5.65. The van der Waals surface area contributed by atoms with Gasteiger partial charge >= 0.3 is 0 Å². The molecular formula is C19H16Br2F2N2O. The Hall–Kier alpha value is -1.70. The molecule has 0 bridgehead atoms. The summed E-state index contributed by atoms with van der Waals surface area (Å²) in [6.07, 6.45) is 3.72. The SMILES string of the molecule is COCCn1ccc2c(Br)cc(F)cc21.Fc1cc(Br)c2cc[nH]c2c1. The van der Waals surface area contributed by atoms with E-state index in [1.54, 1.807) is 13.3 Å². The first kappa shape index (κ1) is 19.1. The molecule has 4 aromatic rings. The van der Waals surface area contributed by atoms with Crippen molar-refractivity contribution in [1.29, 1.82) is 0 Å². The number of methoxy groups -OCH3 is 1. The molecule has 0 atom stereocenters. The average Bonchev–Trinajstić information content (AvgIpc) is 3.20. The number of ether oxygens (including phenoxy) is 1. The van der Waals surface area contributed by atoms with Crippen LogP contribution in [-0.4, -0.2) is 23.3 Å². The number of hydrogen-bond donors (Lipinski definition) is 1. The fraction of sp³-hybridized carbons (Fsp3) is 0.158. The van der Waals surface area contributed by atoms with Gasteiger partial charge in [0.2, 0.25) is 0 Å². The Bertz CT molecular complexity index is 1040. The lowest BCUT2D eigenvalue weighted by atomic mass is 10.2. The summed E-state index contributed by atoms with van der Waals surface area (Å²) in [6.45, 7) is 1.35. The second kappa shape index (κ2) is 8.33. The van der Waals surface area contributed by atoms with Crippen LogP contribution in [0.1, 0.15) is 0 Å². The zero-order valence-electron chi connectivity index (χ0n) is 13.9. The van der Waals surface area contributed by atoms with Crippen molar-refractivity contribution in [3.05, 3.63) is 69.4 Å². The first-order valence-corrected chi connectivity index (χ1v) is 9.43. The quantitative estimate of drug-likeness (QED) is 0.364. The van der Waals surface area contributed by atoms with Crippen molar-refractivity contribution in [2.75, 3.05) is 13.7 Å². The molecular weight excluding hydrogens is 470 g/mol. The van der Waals surface area contributed by atoms with Crippen molar-refractivity contribution in [2.45, 2.75) is 6.54 Å². The molecule has 3 nitrogen and oxygen atoms in total. The minimum Gasteiger partial charge on any atom is -0.383 e. The number of aromatic amines is 1. The van der Waals surface area contributed by atoms with E-state index in [0.717, 1.165) is 37.3 Å². The molecule has 0 saturated carbocycles. The highest BCUT2D eigenvalue weighted by atomic mass is 79.9. The van der Waals surface area contributed by atoms with E-state index in [4.69, 9.17) is 4.74 Å². The highest BCUT2D eigenvalue weighted by Gasteiger charge is 2.06. The van der Waals surface area contributed by atoms with Crippen LogP contribution in [0, 0.1) is 11.6 Å². The molecule has 0 saturated heterocycles. The third-order valence-electron chi connectivity index (χ3n) is 3.92. The van der Waals surface area contributed by atoms with Gasteiger partial charge in [0.15, 0.2) is 0 Å². The summed E-state index contributed by atoms with van der Waals surface area (Å²) in [4.78, 5) is 2.93. The van der Waals surface area contributed by atoms with Crippen LogP contribution in [0.4, 0.5) is 8.78 Å². The van der Waals surface area contributed by atoms with E-state index < -0.39 is 0 Å². The van der Waals surface area contributed by atoms with Crippen molar-refractivity contribution in [3.63, 3.8) is 0 Å². The molecule has 136 valence electrons. The fourth-order valence-electron chi connectivity index (χ4n) is 2.69. The fourth-order valence-corrected chi connectivity index (χ4v) is 3.81. The molecule has 1 N–H and O–H groups in total. The summed E-state index contributed by atoms with van der Waals surface area (Å²) in [5.74, 6) is -0.460. The topological polar surface area (TPSA) is 29.9 Å². The molecule has 7 heteroatoms. The summed E-state index contributed by atoms with van der Waals surface area (Å²) < 4.78 is 34.5. The zero-order chi connectivity index (χ0) is 18.7. The van der Waals surface area contributed by atoms with Crippen LogP contribution < -0.4 is 0 Å². The Kier molecular flexibility index (Phi) is 6.11. The van der Waals surface area contributed by atoms with Crippen LogP contribution in [0.15, 0.2) is 57.7 Å². The molecule has 0 aliphatic rings. The monoisotopic (exact) mass is 484 g/mol. The lowest BCUT2D eigenvalue weighted by molar-refractivity contribution is 0.188. The number of nitrogens with one attached hydrogen (secondary N) is 1. The minimum atomic E-state index is -0.230. The maximum absolute atomic E-state index is 13.2. The lowest BCUT2D eigenvalue weighted by Gasteiger charge is -2.04. The van der Waals surface area contributed by atoms with E-state index in [0.29, 0.717) is 6.61 Å². The van der Waals surface area contributed by atoms with E-state index in [-0.39, 0.29) is 11.6 Å². The number of hydrogen-bond acceptors (Lipinski definition) is 1. The Morgan fingerprint density at radius 3 is 2.42 bits per heavy atom. The smallest absolute Gasteiger partial charge is 0.126 e. The van der Waals surface area contributed by atoms with Crippen molar-refractivity contribution in [2.24, 2.45) is 0 Å². The molecule has 0 spiro atoms.